The third-order valence-corrected chi connectivity index (χ3v) is 5.36. The number of hydrogen-bond donors (Lipinski definition) is 1. The van der Waals surface area contributed by atoms with Crippen LogP contribution < -0.4 is 5.32 Å². The Bertz CT molecular complexity index is 569. The van der Waals surface area contributed by atoms with E-state index < -0.39 is 14.8 Å². The first kappa shape index (κ1) is 14.9. The van der Waals surface area contributed by atoms with Gasteiger partial charge in [-0.1, -0.05) is 12.1 Å². The van der Waals surface area contributed by atoms with Gasteiger partial charge in [0.2, 0.25) is 0 Å². The molecule has 0 radical (unpaired) electrons. The van der Waals surface area contributed by atoms with Gasteiger partial charge >= 0.3 is 0 Å². The Morgan fingerprint density at radius 1 is 1.25 bits per heavy atom. The molecule has 0 bridgehead atoms. The second-order valence-electron chi connectivity index (χ2n) is 5.16. The number of nitro groups is 1. The van der Waals surface area contributed by atoms with Crippen molar-refractivity contribution < 1.29 is 13.3 Å². The number of hydrogen-bond acceptors (Lipinski definition) is 5. The van der Waals surface area contributed by atoms with Crippen molar-refractivity contribution in [3.8, 4) is 0 Å². The van der Waals surface area contributed by atoms with Crippen LogP contribution in [0.2, 0.25) is 0 Å². The molecule has 20 heavy (non-hydrogen) atoms. The molecule has 0 spiro atoms. The first-order valence-electron chi connectivity index (χ1n) is 6.58. The Labute approximate surface area is 118 Å². The molecule has 1 atom stereocenters. The quantitative estimate of drug-likeness (QED) is 0.676. The smallest absolute Gasteiger partial charge is 0.269 e. The lowest BCUT2D eigenvalue weighted by Gasteiger charge is -2.26. The summed E-state index contributed by atoms with van der Waals surface area (Å²) in [5.41, 5.74) is 1.04. The number of non-ortho nitro benzene ring substituents is 1. The minimum absolute atomic E-state index is 0.0432. The highest BCUT2D eigenvalue weighted by Crippen LogP contribution is 2.20. The van der Waals surface area contributed by atoms with Gasteiger partial charge in [0.05, 0.1) is 16.4 Å². The van der Waals surface area contributed by atoms with Crippen LogP contribution in [0.4, 0.5) is 5.69 Å². The van der Waals surface area contributed by atoms with Crippen LogP contribution in [0.15, 0.2) is 24.3 Å². The second-order valence-corrected chi connectivity index (χ2v) is 7.47. The average molecular weight is 298 g/mol. The maximum Gasteiger partial charge on any atom is 0.269 e. The maximum absolute atomic E-state index is 11.4. The molecule has 1 aliphatic heterocycles. The zero-order valence-corrected chi connectivity index (χ0v) is 12.1. The van der Waals surface area contributed by atoms with Gasteiger partial charge in [0, 0.05) is 24.2 Å². The van der Waals surface area contributed by atoms with Crippen LogP contribution >= 0.6 is 0 Å². The molecule has 1 fully saturated rings. The lowest BCUT2D eigenvalue weighted by Crippen LogP contribution is -2.38. The first-order valence-corrected chi connectivity index (χ1v) is 8.40. The summed E-state index contributed by atoms with van der Waals surface area (Å²) in [7, 11) is -2.85. The lowest BCUT2D eigenvalue weighted by molar-refractivity contribution is -0.384. The molecule has 0 saturated carbocycles. The van der Waals surface area contributed by atoms with Gasteiger partial charge in [-0.15, -0.1) is 0 Å². The Morgan fingerprint density at radius 2 is 1.80 bits per heavy atom. The van der Waals surface area contributed by atoms with E-state index in [1.165, 1.54) is 12.1 Å². The van der Waals surface area contributed by atoms with Gasteiger partial charge in [-0.2, -0.15) is 0 Å². The van der Waals surface area contributed by atoms with E-state index in [2.05, 4.69) is 5.32 Å². The highest BCUT2D eigenvalue weighted by atomic mass is 32.2. The monoisotopic (exact) mass is 298 g/mol. The summed E-state index contributed by atoms with van der Waals surface area (Å²) in [6.45, 7) is 1.98. The summed E-state index contributed by atoms with van der Waals surface area (Å²) < 4.78 is 22.7. The third kappa shape index (κ3) is 3.77. The largest absolute Gasteiger partial charge is 0.307 e. The average Bonchev–Trinajstić information content (AvgIpc) is 2.41. The van der Waals surface area contributed by atoms with Crippen LogP contribution in [0.3, 0.4) is 0 Å². The number of sulfone groups is 1. The molecule has 1 N–H and O–H groups in total. The molecule has 1 aromatic carbocycles. The van der Waals surface area contributed by atoms with Crippen molar-refractivity contribution >= 4 is 15.5 Å². The zero-order chi connectivity index (χ0) is 14.8. The van der Waals surface area contributed by atoms with E-state index >= 15 is 0 Å². The van der Waals surface area contributed by atoms with Gasteiger partial charge < -0.3 is 5.32 Å². The summed E-state index contributed by atoms with van der Waals surface area (Å²) in [6.07, 6.45) is 1.25. The summed E-state index contributed by atoms with van der Waals surface area (Å²) >= 11 is 0. The van der Waals surface area contributed by atoms with Crippen LogP contribution in [0.25, 0.3) is 0 Å². The van der Waals surface area contributed by atoms with E-state index in [0.717, 1.165) is 5.56 Å². The molecular formula is C13H18N2O4S. The fourth-order valence-electron chi connectivity index (χ4n) is 2.39. The molecule has 1 aliphatic rings. The minimum Gasteiger partial charge on any atom is -0.307 e. The van der Waals surface area contributed by atoms with Gasteiger partial charge in [-0.25, -0.2) is 8.42 Å². The van der Waals surface area contributed by atoms with Gasteiger partial charge in [0.15, 0.2) is 0 Å². The third-order valence-electron chi connectivity index (χ3n) is 3.64. The molecule has 1 saturated heterocycles. The molecule has 110 valence electrons. The molecule has 0 aliphatic carbocycles. The van der Waals surface area contributed by atoms with Gasteiger partial charge in [0.25, 0.3) is 5.69 Å². The van der Waals surface area contributed by atoms with E-state index in [1.807, 2.05) is 6.92 Å². The van der Waals surface area contributed by atoms with E-state index in [-0.39, 0.29) is 29.3 Å². The fraction of sp³-hybridized carbons (Fsp3) is 0.538. The van der Waals surface area contributed by atoms with Crippen molar-refractivity contribution in [1.82, 2.24) is 5.32 Å². The molecule has 6 nitrogen and oxygen atoms in total. The summed E-state index contributed by atoms with van der Waals surface area (Å²) in [6, 6.07) is 6.66. The molecule has 7 heteroatoms. The number of nitrogens with one attached hydrogen (secondary N) is 1. The van der Waals surface area contributed by atoms with E-state index in [0.29, 0.717) is 12.8 Å². The first-order chi connectivity index (χ1) is 9.37. The van der Waals surface area contributed by atoms with Crippen LogP contribution in [0.1, 0.15) is 31.4 Å². The predicted octanol–water partition coefficient (Wildman–Crippen LogP) is 1.82. The van der Waals surface area contributed by atoms with Crippen molar-refractivity contribution in [3.63, 3.8) is 0 Å². The normalized spacial score (nSPS) is 20.4. The van der Waals surface area contributed by atoms with E-state index in [9.17, 15) is 18.5 Å². The molecule has 0 amide bonds. The predicted molar refractivity (Wildman–Crippen MR) is 76.3 cm³/mol. The van der Waals surface area contributed by atoms with Gasteiger partial charge in [-0.3, -0.25) is 10.1 Å². The Balaban J connectivity index is 1.95. The molecule has 0 aromatic heterocycles. The van der Waals surface area contributed by atoms with Crippen molar-refractivity contribution in [2.24, 2.45) is 0 Å². The molecule has 1 heterocycles. The molecular weight excluding hydrogens is 280 g/mol. The standard InChI is InChI=1S/C13H18N2O4S/c1-10(11-2-4-13(5-3-11)15(16)17)14-12-6-8-20(18,19)9-7-12/h2-5,10,12,14H,6-9H2,1H3. The van der Waals surface area contributed by atoms with Crippen molar-refractivity contribution in [2.45, 2.75) is 31.8 Å². The van der Waals surface area contributed by atoms with Gasteiger partial charge in [-0.05, 0) is 25.3 Å². The number of nitrogens with zero attached hydrogens (tertiary/aromatic N) is 1. The maximum atomic E-state index is 11.4. The minimum atomic E-state index is -2.85. The van der Waals surface area contributed by atoms with Gasteiger partial charge in [0.1, 0.15) is 9.84 Å². The Hall–Kier alpha value is -1.47. The van der Waals surface area contributed by atoms with Crippen LogP contribution in [0, 0.1) is 10.1 Å². The SMILES string of the molecule is CC(NC1CCS(=O)(=O)CC1)c1ccc([N+](=O)[O-])cc1. The summed E-state index contributed by atoms with van der Waals surface area (Å²) in [5.74, 6) is 0.468. The Morgan fingerprint density at radius 3 is 2.30 bits per heavy atom. The van der Waals surface area contributed by atoms with Crippen molar-refractivity contribution in [1.29, 1.82) is 0 Å². The molecule has 1 unspecified atom stereocenters. The molecule has 2 rings (SSSR count). The fourth-order valence-corrected chi connectivity index (χ4v) is 3.88. The number of benzene rings is 1. The highest BCUT2D eigenvalue weighted by molar-refractivity contribution is 7.91. The highest BCUT2D eigenvalue weighted by Gasteiger charge is 2.24. The van der Waals surface area contributed by atoms with E-state index in [1.54, 1.807) is 12.1 Å². The summed E-state index contributed by atoms with van der Waals surface area (Å²) in [4.78, 5) is 10.2. The Kier molecular flexibility index (Phi) is 4.39. The van der Waals surface area contributed by atoms with E-state index in [4.69, 9.17) is 0 Å². The lowest BCUT2D eigenvalue weighted by atomic mass is 10.0. The van der Waals surface area contributed by atoms with Crippen LogP contribution in [-0.4, -0.2) is 30.9 Å². The number of nitro benzene ring substituents is 1. The van der Waals surface area contributed by atoms with Crippen LogP contribution in [0.5, 0.6) is 0 Å². The zero-order valence-electron chi connectivity index (χ0n) is 11.3. The number of rotatable bonds is 4. The van der Waals surface area contributed by atoms with Crippen LogP contribution in [-0.2, 0) is 9.84 Å². The van der Waals surface area contributed by atoms with Crippen molar-refractivity contribution in [3.05, 3.63) is 39.9 Å². The topological polar surface area (TPSA) is 89.3 Å². The van der Waals surface area contributed by atoms with Crippen molar-refractivity contribution in [2.75, 3.05) is 11.5 Å². The second kappa shape index (κ2) is 5.88. The summed E-state index contributed by atoms with van der Waals surface area (Å²) in [5, 5.41) is 14.0. The molecule has 1 aromatic rings.